The molecule has 2 nitrogen and oxygen atoms in total. The highest BCUT2D eigenvalue weighted by Crippen LogP contribution is 2.25. The molecule has 2 atom stereocenters. The Hall–Kier alpha value is -1.38. The Morgan fingerprint density at radius 1 is 1.00 bits per heavy atom. The molecule has 1 saturated heterocycles. The fraction of sp³-hybridized carbons (Fsp3) is 0.412. The Balaban J connectivity index is 1.85. The number of benzene rings is 2. The fourth-order valence-electron chi connectivity index (χ4n) is 2.95. The molecule has 1 aliphatic rings. The van der Waals surface area contributed by atoms with E-state index in [1.165, 1.54) is 30.0 Å². The van der Waals surface area contributed by atoms with Crippen LogP contribution in [0.3, 0.4) is 0 Å². The Morgan fingerprint density at radius 2 is 1.84 bits per heavy atom. The molecule has 0 saturated carbocycles. The maximum atomic E-state index is 10.6. The second-order valence-corrected chi connectivity index (χ2v) is 5.46. The highest BCUT2D eigenvalue weighted by Gasteiger charge is 2.21. The average Bonchev–Trinajstić information content (AvgIpc) is 2.75. The summed E-state index contributed by atoms with van der Waals surface area (Å²) in [5, 5.41) is 16.5. The quantitative estimate of drug-likeness (QED) is 0.862. The van der Waals surface area contributed by atoms with Gasteiger partial charge >= 0.3 is 0 Å². The second kappa shape index (κ2) is 5.72. The van der Waals surface area contributed by atoms with Crippen molar-refractivity contribution in [3.05, 3.63) is 48.0 Å². The van der Waals surface area contributed by atoms with Crippen molar-refractivity contribution >= 4 is 10.8 Å². The molecule has 0 radical (unpaired) electrons. The third kappa shape index (κ3) is 2.80. The van der Waals surface area contributed by atoms with Gasteiger partial charge < -0.3 is 10.4 Å². The van der Waals surface area contributed by atoms with E-state index in [0.29, 0.717) is 0 Å². The SMILES string of the molecule is OC(c1ccc2ccccc2c1)C1CCCCCN1. The number of rotatable bonds is 2. The van der Waals surface area contributed by atoms with Crippen LogP contribution < -0.4 is 5.32 Å². The smallest absolute Gasteiger partial charge is 0.0943 e. The van der Waals surface area contributed by atoms with Gasteiger partial charge in [-0.1, -0.05) is 49.2 Å². The Kier molecular flexibility index (Phi) is 3.81. The van der Waals surface area contributed by atoms with Gasteiger partial charge in [0.1, 0.15) is 0 Å². The lowest BCUT2D eigenvalue weighted by atomic mass is 9.96. The molecule has 0 aromatic heterocycles. The summed E-state index contributed by atoms with van der Waals surface area (Å²) in [6, 6.07) is 14.8. The van der Waals surface area contributed by atoms with Crippen molar-refractivity contribution in [2.24, 2.45) is 0 Å². The molecule has 0 spiro atoms. The fourth-order valence-corrected chi connectivity index (χ4v) is 2.95. The summed E-state index contributed by atoms with van der Waals surface area (Å²) >= 11 is 0. The molecule has 1 aliphatic heterocycles. The molecule has 0 bridgehead atoms. The van der Waals surface area contributed by atoms with Crippen LogP contribution in [-0.4, -0.2) is 17.7 Å². The molecule has 3 rings (SSSR count). The summed E-state index contributed by atoms with van der Waals surface area (Å²) in [6.07, 6.45) is 4.37. The van der Waals surface area contributed by atoms with Crippen molar-refractivity contribution in [3.63, 3.8) is 0 Å². The first-order chi connectivity index (χ1) is 9.34. The van der Waals surface area contributed by atoms with Crippen LogP contribution in [0.2, 0.25) is 0 Å². The minimum atomic E-state index is -0.400. The molecule has 100 valence electrons. The lowest BCUT2D eigenvalue weighted by molar-refractivity contribution is 0.126. The molecule has 2 N–H and O–H groups in total. The Bertz CT molecular complexity index is 544. The lowest BCUT2D eigenvalue weighted by Gasteiger charge is -2.23. The Morgan fingerprint density at radius 3 is 2.74 bits per heavy atom. The molecule has 1 fully saturated rings. The highest BCUT2D eigenvalue weighted by atomic mass is 16.3. The van der Waals surface area contributed by atoms with Crippen LogP contribution in [0.4, 0.5) is 0 Å². The predicted octanol–water partition coefficient (Wildman–Crippen LogP) is 3.41. The van der Waals surface area contributed by atoms with Crippen LogP contribution in [0.1, 0.15) is 37.4 Å². The monoisotopic (exact) mass is 255 g/mol. The molecule has 1 heterocycles. The summed E-state index contributed by atoms with van der Waals surface area (Å²) in [5.74, 6) is 0. The van der Waals surface area contributed by atoms with Gasteiger partial charge in [-0.05, 0) is 41.8 Å². The van der Waals surface area contributed by atoms with E-state index in [4.69, 9.17) is 0 Å². The van der Waals surface area contributed by atoms with Gasteiger partial charge in [-0.3, -0.25) is 0 Å². The number of hydrogen-bond acceptors (Lipinski definition) is 2. The van der Waals surface area contributed by atoms with Crippen LogP contribution >= 0.6 is 0 Å². The van der Waals surface area contributed by atoms with Crippen LogP contribution in [0.25, 0.3) is 10.8 Å². The molecule has 2 heteroatoms. The second-order valence-electron chi connectivity index (χ2n) is 5.46. The van der Waals surface area contributed by atoms with E-state index in [-0.39, 0.29) is 6.04 Å². The zero-order valence-corrected chi connectivity index (χ0v) is 11.2. The van der Waals surface area contributed by atoms with Gasteiger partial charge in [0, 0.05) is 6.04 Å². The zero-order valence-electron chi connectivity index (χ0n) is 11.2. The first-order valence-electron chi connectivity index (χ1n) is 7.25. The van der Waals surface area contributed by atoms with Crippen molar-refractivity contribution in [1.29, 1.82) is 0 Å². The van der Waals surface area contributed by atoms with Gasteiger partial charge in [-0.2, -0.15) is 0 Å². The van der Waals surface area contributed by atoms with Crippen molar-refractivity contribution in [1.82, 2.24) is 5.32 Å². The summed E-state index contributed by atoms with van der Waals surface area (Å²) in [5.41, 5.74) is 1.03. The molecule has 2 aromatic carbocycles. The third-order valence-corrected chi connectivity index (χ3v) is 4.09. The third-order valence-electron chi connectivity index (χ3n) is 4.09. The average molecular weight is 255 g/mol. The maximum absolute atomic E-state index is 10.6. The summed E-state index contributed by atoms with van der Waals surface area (Å²) < 4.78 is 0. The molecule has 2 aromatic rings. The molecule has 0 amide bonds. The van der Waals surface area contributed by atoms with Crippen LogP contribution in [0.5, 0.6) is 0 Å². The van der Waals surface area contributed by atoms with Crippen LogP contribution in [0, 0.1) is 0 Å². The van der Waals surface area contributed by atoms with Crippen LogP contribution in [0.15, 0.2) is 42.5 Å². The number of aliphatic hydroxyl groups is 1. The van der Waals surface area contributed by atoms with E-state index in [9.17, 15) is 5.11 Å². The van der Waals surface area contributed by atoms with Crippen molar-refractivity contribution in [2.75, 3.05) is 6.54 Å². The minimum Gasteiger partial charge on any atom is -0.387 e. The van der Waals surface area contributed by atoms with E-state index in [1.807, 2.05) is 12.1 Å². The number of nitrogens with one attached hydrogen (secondary N) is 1. The Labute approximate surface area is 114 Å². The van der Waals surface area contributed by atoms with Gasteiger partial charge in [0.15, 0.2) is 0 Å². The first kappa shape index (κ1) is 12.6. The summed E-state index contributed by atoms with van der Waals surface area (Å²) in [7, 11) is 0. The van der Waals surface area contributed by atoms with Gasteiger partial charge in [0.2, 0.25) is 0 Å². The summed E-state index contributed by atoms with van der Waals surface area (Å²) in [6.45, 7) is 1.02. The molecular weight excluding hydrogens is 234 g/mol. The molecular formula is C17H21NO. The van der Waals surface area contributed by atoms with Gasteiger partial charge in [0.25, 0.3) is 0 Å². The van der Waals surface area contributed by atoms with E-state index >= 15 is 0 Å². The van der Waals surface area contributed by atoms with Crippen molar-refractivity contribution in [3.8, 4) is 0 Å². The van der Waals surface area contributed by atoms with Gasteiger partial charge in [-0.15, -0.1) is 0 Å². The van der Waals surface area contributed by atoms with Crippen LogP contribution in [-0.2, 0) is 0 Å². The predicted molar refractivity (Wildman–Crippen MR) is 79.2 cm³/mol. The molecule has 2 unspecified atom stereocenters. The summed E-state index contributed by atoms with van der Waals surface area (Å²) in [4.78, 5) is 0. The number of fused-ring (bicyclic) bond motifs is 1. The van der Waals surface area contributed by atoms with Crippen molar-refractivity contribution in [2.45, 2.75) is 37.8 Å². The highest BCUT2D eigenvalue weighted by molar-refractivity contribution is 5.83. The standard InChI is InChI=1S/C17H21NO/c19-17(16-8-2-1-5-11-18-16)15-10-9-13-6-3-4-7-14(13)12-15/h3-4,6-7,9-10,12,16-19H,1-2,5,8,11H2. The van der Waals surface area contributed by atoms with E-state index in [2.05, 4.69) is 35.6 Å². The zero-order chi connectivity index (χ0) is 13.1. The van der Waals surface area contributed by atoms with Gasteiger partial charge in [0.05, 0.1) is 6.10 Å². The largest absolute Gasteiger partial charge is 0.387 e. The number of aliphatic hydroxyl groups excluding tert-OH is 1. The van der Waals surface area contributed by atoms with E-state index < -0.39 is 6.10 Å². The minimum absolute atomic E-state index is 0.198. The lowest BCUT2D eigenvalue weighted by Crippen LogP contribution is -2.34. The van der Waals surface area contributed by atoms with E-state index in [1.54, 1.807) is 0 Å². The molecule has 0 aliphatic carbocycles. The normalized spacial score (nSPS) is 22.1. The first-order valence-corrected chi connectivity index (χ1v) is 7.25. The maximum Gasteiger partial charge on any atom is 0.0943 e. The number of hydrogen-bond donors (Lipinski definition) is 2. The topological polar surface area (TPSA) is 32.3 Å². The molecule has 19 heavy (non-hydrogen) atoms. The van der Waals surface area contributed by atoms with E-state index in [0.717, 1.165) is 18.5 Å². The van der Waals surface area contributed by atoms with Crippen molar-refractivity contribution < 1.29 is 5.11 Å². The van der Waals surface area contributed by atoms with Gasteiger partial charge in [-0.25, -0.2) is 0 Å².